The first-order valence-electron chi connectivity index (χ1n) is 7.35. The summed E-state index contributed by atoms with van der Waals surface area (Å²) in [7, 11) is 1.66. The Bertz CT molecular complexity index is 570. The van der Waals surface area contributed by atoms with Crippen molar-refractivity contribution in [3.63, 3.8) is 0 Å². The molecule has 0 aliphatic carbocycles. The molecule has 4 heteroatoms. The zero-order valence-electron chi connectivity index (χ0n) is 13.2. The van der Waals surface area contributed by atoms with Crippen LogP contribution in [0.5, 0.6) is 5.75 Å². The Morgan fingerprint density at radius 2 is 1.67 bits per heavy atom. The molecule has 0 atom stereocenters. The number of benzene rings is 1. The van der Waals surface area contributed by atoms with Crippen molar-refractivity contribution in [3.05, 3.63) is 41.2 Å². The fraction of sp³-hybridized carbons (Fsp3) is 0.412. The van der Waals surface area contributed by atoms with E-state index in [4.69, 9.17) is 4.74 Å². The van der Waals surface area contributed by atoms with E-state index in [2.05, 4.69) is 22.2 Å². The highest BCUT2D eigenvalue weighted by atomic mass is 16.5. The minimum atomic E-state index is 0.770. The van der Waals surface area contributed by atoms with Gasteiger partial charge in [-0.05, 0) is 51.1 Å². The first-order chi connectivity index (χ1) is 10.2. The molecular weight excluding hydrogens is 262 g/mol. The Balaban J connectivity index is 2.25. The first kappa shape index (κ1) is 15.4. The maximum absolute atomic E-state index is 5.18. The largest absolute Gasteiger partial charge is 0.497 e. The number of ether oxygens (including phenoxy) is 1. The summed E-state index contributed by atoms with van der Waals surface area (Å²) in [5.74, 6) is 1.61. The molecule has 21 heavy (non-hydrogen) atoms. The van der Waals surface area contributed by atoms with Crippen molar-refractivity contribution < 1.29 is 4.74 Å². The van der Waals surface area contributed by atoms with Gasteiger partial charge in [-0.15, -0.1) is 0 Å². The number of aromatic nitrogens is 2. The Hall–Kier alpha value is -1.94. The van der Waals surface area contributed by atoms with Crippen LogP contribution < -0.4 is 10.1 Å². The van der Waals surface area contributed by atoms with Crippen LogP contribution in [0.1, 0.15) is 30.3 Å². The fourth-order valence-corrected chi connectivity index (χ4v) is 2.25. The minimum Gasteiger partial charge on any atom is -0.497 e. The van der Waals surface area contributed by atoms with Gasteiger partial charge in [-0.25, -0.2) is 9.97 Å². The molecule has 1 aromatic carbocycles. The van der Waals surface area contributed by atoms with Gasteiger partial charge in [0.05, 0.1) is 7.11 Å². The third kappa shape index (κ3) is 3.79. The number of aryl methyl sites for hydroxylation is 2. The van der Waals surface area contributed by atoms with Gasteiger partial charge in [0.25, 0.3) is 0 Å². The SMILES string of the molecule is CCCNCc1c(C)nc(-c2ccc(OC)cc2)nc1C. The molecule has 0 aliphatic rings. The first-order valence-corrected chi connectivity index (χ1v) is 7.35. The summed E-state index contributed by atoms with van der Waals surface area (Å²) >= 11 is 0. The Morgan fingerprint density at radius 3 is 2.19 bits per heavy atom. The lowest BCUT2D eigenvalue weighted by Crippen LogP contribution is -2.17. The molecule has 0 bridgehead atoms. The molecule has 0 saturated carbocycles. The highest BCUT2D eigenvalue weighted by molar-refractivity contribution is 5.57. The van der Waals surface area contributed by atoms with Gasteiger partial charge in [-0.2, -0.15) is 0 Å². The van der Waals surface area contributed by atoms with E-state index < -0.39 is 0 Å². The minimum absolute atomic E-state index is 0.770. The highest BCUT2D eigenvalue weighted by Gasteiger charge is 2.09. The molecule has 0 saturated heterocycles. The number of methoxy groups -OCH3 is 1. The molecule has 0 radical (unpaired) electrons. The van der Waals surface area contributed by atoms with Gasteiger partial charge in [-0.1, -0.05) is 6.92 Å². The number of hydrogen-bond donors (Lipinski definition) is 1. The predicted octanol–water partition coefficient (Wildman–Crippen LogP) is 3.27. The molecule has 1 N–H and O–H groups in total. The molecule has 112 valence electrons. The summed E-state index contributed by atoms with van der Waals surface area (Å²) in [6, 6.07) is 7.84. The second-order valence-electron chi connectivity index (χ2n) is 5.10. The summed E-state index contributed by atoms with van der Waals surface area (Å²) < 4.78 is 5.18. The number of hydrogen-bond acceptors (Lipinski definition) is 4. The van der Waals surface area contributed by atoms with Gasteiger partial charge in [0.15, 0.2) is 5.82 Å². The summed E-state index contributed by atoms with van der Waals surface area (Å²) in [5, 5.41) is 3.41. The lowest BCUT2D eigenvalue weighted by atomic mass is 10.1. The van der Waals surface area contributed by atoms with E-state index in [0.717, 1.165) is 48.0 Å². The van der Waals surface area contributed by atoms with Gasteiger partial charge in [0.2, 0.25) is 0 Å². The topological polar surface area (TPSA) is 47.0 Å². The van der Waals surface area contributed by atoms with Crippen LogP contribution in [-0.2, 0) is 6.54 Å². The van der Waals surface area contributed by atoms with Crippen molar-refractivity contribution in [2.45, 2.75) is 33.7 Å². The van der Waals surface area contributed by atoms with E-state index in [1.165, 1.54) is 5.56 Å². The summed E-state index contributed by atoms with van der Waals surface area (Å²) in [5.41, 5.74) is 4.28. The molecule has 0 unspecified atom stereocenters. The summed E-state index contributed by atoms with van der Waals surface area (Å²) in [4.78, 5) is 9.29. The Kier molecular flexibility index (Phi) is 5.28. The van der Waals surface area contributed by atoms with E-state index >= 15 is 0 Å². The average Bonchev–Trinajstić information content (AvgIpc) is 2.50. The van der Waals surface area contributed by atoms with Gasteiger partial charge in [-0.3, -0.25) is 0 Å². The van der Waals surface area contributed by atoms with Crippen LogP contribution in [0, 0.1) is 13.8 Å². The summed E-state index contributed by atoms with van der Waals surface area (Å²) in [6.45, 7) is 8.10. The van der Waals surface area contributed by atoms with E-state index in [1.54, 1.807) is 7.11 Å². The zero-order chi connectivity index (χ0) is 15.2. The van der Waals surface area contributed by atoms with Crippen LogP contribution in [0.4, 0.5) is 0 Å². The van der Waals surface area contributed by atoms with E-state index in [9.17, 15) is 0 Å². The molecule has 0 spiro atoms. The van der Waals surface area contributed by atoms with Crippen LogP contribution in [-0.4, -0.2) is 23.6 Å². The van der Waals surface area contributed by atoms with Crippen LogP contribution in [0.3, 0.4) is 0 Å². The predicted molar refractivity (Wildman–Crippen MR) is 85.5 cm³/mol. The molecular formula is C17H23N3O. The average molecular weight is 285 g/mol. The smallest absolute Gasteiger partial charge is 0.159 e. The van der Waals surface area contributed by atoms with Gasteiger partial charge in [0, 0.05) is 29.1 Å². The molecule has 2 rings (SSSR count). The van der Waals surface area contributed by atoms with Crippen molar-refractivity contribution in [2.75, 3.05) is 13.7 Å². The van der Waals surface area contributed by atoms with Gasteiger partial charge in [0.1, 0.15) is 5.75 Å². The molecule has 1 aromatic heterocycles. The lowest BCUT2D eigenvalue weighted by molar-refractivity contribution is 0.415. The number of rotatable bonds is 6. The molecule has 2 aromatic rings. The van der Waals surface area contributed by atoms with Gasteiger partial charge >= 0.3 is 0 Å². The zero-order valence-corrected chi connectivity index (χ0v) is 13.2. The van der Waals surface area contributed by atoms with Gasteiger partial charge < -0.3 is 10.1 Å². The standard InChI is InChI=1S/C17H23N3O/c1-5-10-18-11-16-12(2)19-17(20-13(16)3)14-6-8-15(21-4)9-7-14/h6-9,18H,5,10-11H2,1-4H3. The maximum Gasteiger partial charge on any atom is 0.159 e. The van der Waals surface area contributed by atoms with E-state index in [-0.39, 0.29) is 0 Å². The second kappa shape index (κ2) is 7.18. The van der Waals surface area contributed by atoms with E-state index in [1.807, 2.05) is 38.1 Å². The molecule has 4 nitrogen and oxygen atoms in total. The third-order valence-corrected chi connectivity index (χ3v) is 3.50. The van der Waals surface area contributed by atoms with Crippen LogP contribution in [0.2, 0.25) is 0 Å². The van der Waals surface area contributed by atoms with Crippen molar-refractivity contribution in [1.29, 1.82) is 0 Å². The van der Waals surface area contributed by atoms with Crippen LogP contribution in [0.25, 0.3) is 11.4 Å². The molecule has 0 fully saturated rings. The molecule has 0 aliphatic heterocycles. The van der Waals surface area contributed by atoms with Crippen LogP contribution in [0.15, 0.2) is 24.3 Å². The number of nitrogens with one attached hydrogen (secondary N) is 1. The molecule has 1 heterocycles. The van der Waals surface area contributed by atoms with Crippen molar-refractivity contribution >= 4 is 0 Å². The third-order valence-electron chi connectivity index (χ3n) is 3.50. The summed E-state index contributed by atoms with van der Waals surface area (Å²) in [6.07, 6.45) is 1.13. The second-order valence-corrected chi connectivity index (χ2v) is 5.10. The van der Waals surface area contributed by atoms with Crippen molar-refractivity contribution in [3.8, 4) is 17.1 Å². The van der Waals surface area contributed by atoms with Crippen molar-refractivity contribution in [2.24, 2.45) is 0 Å². The monoisotopic (exact) mass is 285 g/mol. The van der Waals surface area contributed by atoms with Crippen molar-refractivity contribution in [1.82, 2.24) is 15.3 Å². The Labute approximate surface area is 126 Å². The van der Waals surface area contributed by atoms with Crippen LogP contribution >= 0.6 is 0 Å². The Morgan fingerprint density at radius 1 is 1.05 bits per heavy atom. The normalized spacial score (nSPS) is 10.7. The quantitative estimate of drug-likeness (QED) is 0.828. The maximum atomic E-state index is 5.18. The lowest BCUT2D eigenvalue weighted by Gasteiger charge is -2.12. The molecule has 0 amide bonds. The highest BCUT2D eigenvalue weighted by Crippen LogP contribution is 2.21. The van der Waals surface area contributed by atoms with E-state index in [0.29, 0.717) is 0 Å². The number of nitrogens with zero attached hydrogens (tertiary/aromatic N) is 2. The fourth-order valence-electron chi connectivity index (χ4n) is 2.25.